The van der Waals surface area contributed by atoms with E-state index in [-0.39, 0.29) is 5.54 Å². The minimum absolute atomic E-state index is 0.152. The molecule has 0 atom stereocenters. The van der Waals surface area contributed by atoms with Gasteiger partial charge < -0.3 is 14.5 Å². The molecule has 0 N–H and O–H groups in total. The third kappa shape index (κ3) is 3.81. The van der Waals surface area contributed by atoms with Crippen molar-refractivity contribution in [3.8, 4) is 11.8 Å². The molecule has 1 fully saturated rings. The summed E-state index contributed by atoms with van der Waals surface area (Å²) in [4.78, 5) is 13.9. The van der Waals surface area contributed by atoms with Gasteiger partial charge in [-0.2, -0.15) is 10.1 Å². The minimum atomic E-state index is -0.152. The van der Waals surface area contributed by atoms with E-state index in [4.69, 9.17) is 9.72 Å². The Morgan fingerprint density at radius 2 is 1.58 bits per heavy atom. The third-order valence-electron chi connectivity index (χ3n) is 5.81. The van der Waals surface area contributed by atoms with Crippen LogP contribution >= 0.6 is 0 Å². The second-order valence-corrected chi connectivity index (χ2v) is 9.21. The summed E-state index contributed by atoms with van der Waals surface area (Å²) in [5, 5.41) is 6.62. The number of benzene rings is 2. The van der Waals surface area contributed by atoms with Gasteiger partial charge in [-0.25, -0.2) is 4.98 Å². The zero-order valence-corrected chi connectivity index (χ0v) is 18.5. The van der Waals surface area contributed by atoms with Gasteiger partial charge in [-0.05, 0) is 52.1 Å². The van der Waals surface area contributed by atoms with Crippen LogP contribution in [0, 0.1) is 0 Å². The zero-order valence-electron chi connectivity index (χ0n) is 18.5. The number of rotatable bonds is 3. The Labute approximate surface area is 182 Å². The van der Waals surface area contributed by atoms with E-state index in [1.165, 1.54) is 5.69 Å². The summed E-state index contributed by atoms with van der Waals surface area (Å²) in [5.41, 5.74) is 2.92. The largest absolute Gasteiger partial charge is 0.424 e. The van der Waals surface area contributed by atoms with Gasteiger partial charge in [0.05, 0.1) is 17.3 Å². The summed E-state index contributed by atoms with van der Waals surface area (Å²) in [6.07, 6.45) is 3.70. The second-order valence-electron chi connectivity index (χ2n) is 9.21. The number of fused-ring (bicyclic) bond motifs is 3. The van der Waals surface area contributed by atoms with E-state index in [1.54, 1.807) is 0 Å². The molecule has 0 unspecified atom stereocenters. The van der Waals surface area contributed by atoms with E-state index in [9.17, 15) is 0 Å². The van der Waals surface area contributed by atoms with Crippen LogP contribution in [0.25, 0.3) is 21.8 Å². The van der Waals surface area contributed by atoms with Gasteiger partial charge in [0.1, 0.15) is 11.3 Å². The van der Waals surface area contributed by atoms with E-state index in [0.29, 0.717) is 6.01 Å². The second kappa shape index (κ2) is 7.50. The van der Waals surface area contributed by atoms with Gasteiger partial charge in [0.15, 0.2) is 0 Å². The fourth-order valence-corrected chi connectivity index (χ4v) is 4.04. The molecule has 0 spiro atoms. The van der Waals surface area contributed by atoms with Crippen LogP contribution in [0.2, 0.25) is 0 Å². The van der Waals surface area contributed by atoms with Gasteiger partial charge in [-0.1, -0.05) is 12.1 Å². The lowest BCUT2D eigenvalue weighted by Crippen LogP contribution is -2.44. The molecule has 0 amide bonds. The predicted octanol–water partition coefficient (Wildman–Crippen LogP) is 4.28. The first kappa shape index (κ1) is 19.8. The van der Waals surface area contributed by atoms with E-state index in [2.05, 4.69) is 65.9 Å². The van der Waals surface area contributed by atoms with E-state index < -0.39 is 0 Å². The van der Waals surface area contributed by atoms with Gasteiger partial charge in [-0.3, -0.25) is 4.68 Å². The highest BCUT2D eigenvalue weighted by atomic mass is 16.5. The van der Waals surface area contributed by atoms with Gasteiger partial charge in [-0.15, -0.1) is 0 Å². The maximum Gasteiger partial charge on any atom is 0.322 e. The summed E-state index contributed by atoms with van der Waals surface area (Å²) < 4.78 is 8.04. The molecule has 1 aliphatic heterocycles. The van der Waals surface area contributed by atoms with Crippen molar-refractivity contribution >= 4 is 27.5 Å². The number of piperazine rings is 1. The number of hydrogen-bond donors (Lipinski definition) is 0. The van der Waals surface area contributed by atoms with Crippen LogP contribution in [0.3, 0.4) is 0 Å². The summed E-state index contributed by atoms with van der Waals surface area (Å²) in [7, 11) is 2.17. The van der Waals surface area contributed by atoms with Crippen LogP contribution in [0.1, 0.15) is 20.8 Å². The first-order chi connectivity index (χ1) is 14.9. The summed E-state index contributed by atoms with van der Waals surface area (Å²) in [6, 6.07) is 12.6. The number of ether oxygens (including phenoxy) is 1. The number of aromatic nitrogens is 4. The Hall–Kier alpha value is -3.19. The van der Waals surface area contributed by atoms with Crippen molar-refractivity contribution in [2.75, 3.05) is 38.1 Å². The highest BCUT2D eigenvalue weighted by Crippen LogP contribution is 2.30. The quantitative estimate of drug-likeness (QED) is 0.497. The van der Waals surface area contributed by atoms with Crippen LogP contribution in [-0.4, -0.2) is 57.9 Å². The topological polar surface area (TPSA) is 59.3 Å². The molecule has 0 aliphatic carbocycles. The predicted molar refractivity (Wildman–Crippen MR) is 124 cm³/mol. The SMILES string of the molecule is CN1CCN(c2ccc(Oc3ncc4ccc5cnn(C(C)(C)C)c5c4n3)cc2)CC1. The normalized spacial score (nSPS) is 15.7. The van der Waals surface area contributed by atoms with Gasteiger partial charge >= 0.3 is 6.01 Å². The number of likely N-dealkylation sites (N-methyl/N-ethyl adjacent to an activating group) is 1. The van der Waals surface area contributed by atoms with Gasteiger partial charge in [0.2, 0.25) is 0 Å². The standard InChI is InChI=1S/C24H28N6O/c1-24(2,3)30-22-18(16-26-30)6-5-17-15-25-23(27-21(17)22)31-20-9-7-19(8-10-20)29-13-11-28(4)12-14-29/h5-10,15-16H,11-14H2,1-4H3. The Morgan fingerprint density at radius 1 is 0.871 bits per heavy atom. The van der Waals surface area contributed by atoms with E-state index in [1.807, 2.05) is 35.3 Å². The van der Waals surface area contributed by atoms with Gasteiger partial charge in [0, 0.05) is 48.8 Å². The minimum Gasteiger partial charge on any atom is -0.424 e. The molecule has 3 heterocycles. The van der Waals surface area contributed by atoms with Crippen molar-refractivity contribution < 1.29 is 4.74 Å². The van der Waals surface area contributed by atoms with E-state index >= 15 is 0 Å². The summed E-state index contributed by atoms with van der Waals surface area (Å²) >= 11 is 0. The summed E-state index contributed by atoms with van der Waals surface area (Å²) in [6.45, 7) is 10.7. The van der Waals surface area contributed by atoms with Crippen molar-refractivity contribution in [1.29, 1.82) is 0 Å². The maximum absolute atomic E-state index is 6.02. The molecule has 31 heavy (non-hydrogen) atoms. The molecular formula is C24H28N6O. The maximum atomic E-state index is 6.02. The van der Waals surface area contributed by atoms with Gasteiger partial charge in [0.25, 0.3) is 0 Å². The molecule has 5 rings (SSSR count). The van der Waals surface area contributed by atoms with Crippen LogP contribution in [0.5, 0.6) is 11.8 Å². The molecule has 0 radical (unpaired) electrons. The van der Waals surface area contributed by atoms with Crippen molar-refractivity contribution in [2.45, 2.75) is 26.3 Å². The third-order valence-corrected chi connectivity index (χ3v) is 5.81. The molecule has 1 aliphatic rings. The molecule has 0 saturated carbocycles. The molecular weight excluding hydrogens is 388 g/mol. The Kier molecular flexibility index (Phi) is 4.78. The van der Waals surface area contributed by atoms with Crippen LogP contribution < -0.4 is 9.64 Å². The number of nitrogens with zero attached hydrogens (tertiary/aromatic N) is 6. The lowest BCUT2D eigenvalue weighted by atomic mass is 10.1. The molecule has 2 aromatic carbocycles. The lowest BCUT2D eigenvalue weighted by Gasteiger charge is -2.34. The molecule has 1 saturated heterocycles. The smallest absolute Gasteiger partial charge is 0.322 e. The molecule has 7 nitrogen and oxygen atoms in total. The van der Waals surface area contributed by atoms with Crippen molar-refractivity contribution in [1.82, 2.24) is 24.6 Å². The molecule has 7 heteroatoms. The zero-order chi connectivity index (χ0) is 21.6. The Balaban J connectivity index is 1.44. The van der Waals surface area contributed by atoms with Crippen LogP contribution in [-0.2, 0) is 5.54 Å². The average molecular weight is 417 g/mol. The lowest BCUT2D eigenvalue weighted by molar-refractivity contribution is 0.313. The van der Waals surface area contributed by atoms with Crippen molar-refractivity contribution in [3.05, 3.63) is 48.8 Å². The molecule has 2 aromatic heterocycles. The molecule has 160 valence electrons. The van der Waals surface area contributed by atoms with E-state index in [0.717, 1.165) is 53.7 Å². The first-order valence-corrected chi connectivity index (χ1v) is 10.7. The van der Waals surface area contributed by atoms with Crippen LogP contribution in [0.4, 0.5) is 5.69 Å². The molecule has 0 bridgehead atoms. The fourth-order valence-electron chi connectivity index (χ4n) is 4.04. The number of hydrogen-bond acceptors (Lipinski definition) is 6. The molecule has 4 aromatic rings. The highest BCUT2D eigenvalue weighted by Gasteiger charge is 2.20. The van der Waals surface area contributed by atoms with Crippen LogP contribution in [0.15, 0.2) is 48.8 Å². The Morgan fingerprint density at radius 3 is 2.29 bits per heavy atom. The summed E-state index contributed by atoms with van der Waals surface area (Å²) in [5.74, 6) is 0.730. The van der Waals surface area contributed by atoms with Crippen molar-refractivity contribution in [3.63, 3.8) is 0 Å². The Bertz CT molecular complexity index is 1220. The highest BCUT2D eigenvalue weighted by molar-refractivity contribution is 6.02. The fraction of sp³-hybridized carbons (Fsp3) is 0.375. The first-order valence-electron chi connectivity index (χ1n) is 10.7. The monoisotopic (exact) mass is 416 g/mol. The van der Waals surface area contributed by atoms with Crippen molar-refractivity contribution in [2.24, 2.45) is 0 Å². The number of anilines is 1. The average Bonchev–Trinajstić information content (AvgIpc) is 3.20.